The number of carbonyl (C=O) groups excluding carboxylic acids is 1. The lowest BCUT2D eigenvalue weighted by Crippen LogP contribution is -2.29. The van der Waals surface area contributed by atoms with Crippen LogP contribution in [0, 0.1) is 0 Å². The van der Waals surface area contributed by atoms with Gasteiger partial charge in [0.05, 0.1) is 4.90 Å². The maximum absolute atomic E-state index is 12.2. The van der Waals surface area contributed by atoms with Crippen LogP contribution in [0.25, 0.3) is 0 Å². The molecule has 0 aromatic heterocycles. The number of ether oxygens (including phenoxy) is 1. The van der Waals surface area contributed by atoms with Crippen LogP contribution in [-0.2, 0) is 19.6 Å². The highest BCUT2D eigenvalue weighted by Crippen LogP contribution is 2.35. The number of hydrogen-bond acceptors (Lipinski definition) is 5. The number of benzene rings is 2. The molecular weight excluding hydrogens is 352 g/mol. The third-order valence-electron chi connectivity index (χ3n) is 3.97. The van der Waals surface area contributed by atoms with Crippen molar-refractivity contribution in [1.82, 2.24) is 4.72 Å². The molecule has 26 heavy (non-hydrogen) atoms. The Morgan fingerprint density at radius 3 is 2.38 bits per heavy atom. The number of amides is 1. The Balaban J connectivity index is 1.85. The minimum atomic E-state index is -3.86. The first-order chi connectivity index (χ1) is 12.4. The minimum Gasteiger partial charge on any atom is -0.469 e. The van der Waals surface area contributed by atoms with Crippen molar-refractivity contribution in [2.24, 2.45) is 0 Å². The number of nitrogens with zero attached hydrogens (tertiary/aromatic N) is 1. The molecular formula is C19H20N2O4S. The summed E-state index contributed by atoms with van der Waals surface area (Å²) in [5.41, 5.74) is 1.78. The Labute approximate surface area is 153 Å². The van der Waals surface area contributed by atoms with Crippen molar-refractivity contribution in [1.29, 1.82) is 0 Å². The van der Waals surface area contributed by atoms with E-state index in [1.807, 2.05) is 53.1 Å². The smallest absolute Gasteiger partial charge is 0.264 e. The van der Waals surface area contributed by atoms with Gasteiger partial charge in [0, 0.05) is 23.9 Å². The van der Waals surface area contributed by atoms with Crippen LogP contribution in [0.2, 0.25) is 0 Å². The van der Waals surface area contributed by atoms with E-state index in [0.29, 0.717) is 0 Å². The summed E-state index contributed by atoms with van der Waals surface area (Å²) in [6, 6.07) is 16.1. The van der Waals surface area contributed by atoms with E-state index in [1.54, 1.807) is 19.1 Å². The van der Waals surface area contributed by atoms with Crippen LogP contribution < -0.4 is 9.62 Å². The van der Waals surface area contributed by atoms with E-state index in [1.165, 1.54) is 12.1 Å². The van der Waals surface area contributed by atoms with Crippen LogP contribution in [0.3, 0.4) is 0 Å². The van der Waals surface area contributed by atoms with Crippen LogP contribution in [-0.4, -0.2) is 14.3 Å². The largest absolute Gasteiger partial charge is 0.469 e. The molecule has 0 saturated heterocycles. The normalized spacial score (nSPS) is 16.8. The summed E-state index contributed by atoms with van der Waals surface area (Å²) in [4.78, 5) is 13.4. The van der Waals surface area contributed by atoms with E-state index >= 15 is 0 Å². The summed E-state index contributed by atoms with van der Waals surface area (Å²) < 4.78 is 32.3. The number of rotatable bonds is 5. The fraction of sp³-hybridized carbons (Fsp3) is 0.211. The van der Waals surface area contributed by atoms with E-state index in [-0.39, 0.29) is 17.5 Å². The molecule has 0 aliphatic carbocycles. The summed E-state index contributed by atoms with van der Waals surface area (Å²) in [6.45, 7) is 3.47. The molecule has 0 fully saturated rings. The number of anilines is 1. The number of hydrogen-bond donors (Lipinski definition) is 1. The van der Waals surface area contributed by atoms with Gasteiger partial charge in [-0.1, -0.05) is 37.3 Å². The van der Waals surface area contributed by atoms with Gasteiger partial charge in [0.15, 0.2) is 0 Å². The molecule has 2 aromatic carbocycles. The van der Waals surface area contributed by atoms with Crippen molar-refractivity contribution >= 4 is 21.6 Å². The SMILES string of the molecule is CCC(=O)NS(=O)(=O)c1ccc(C2OC(C)=CN2c2ccccc2)cc1. The van der Waals surface area contributed by atoms with E-state index in [2.05, 4.69) is 0 Å². The molecule has 0 bridgehead atoms. The van der Waals surface area contributed by atoms with Crippen molar-refractivity contribution < 1.29 is 17.9 Å². The van der Waals surface area contributed by atoms with Gasteiger partial charge >= 0.3 is 0 Å². The molecule has 2 aromatic rings. The Morgan fingerprint density at radius 1 is 1.12 bits per heavy atom. The summed E-state index contributed by atoms with van der Waals surface area (Å²) >= 11 is 0. The second kappa shape index (κ2) is 7.21. The highest BCUT2D eigenvalue weighted by molar-refractivity contribution is 7.90. The fourth-order valence-electron chi connectivity index (χ4n) is 2.66. The van der Waals surface area contributed by atoms with Crippen molar-refractivity contribution in [3.05, 3.63) is 72.1 Å². The molecule has 136 valence electrons. The lowest BCUT2D eigenvalue weighted by molar-refractivity contribution is -0.119. The van der Waals surface area contributed by atoms with Crippen molar-refractivity contribution in [2.75, 3.05) is 4.90 Å². The topological polar surface area (TPSA) is 75.7 Å². The molecule has 0 spiro atoms. The summed E-state index contributed by atoms with van der Waals surface area (Å²) in [6.07, 6.45) is 1.63. The third kappa shape index (κ3) is 3.72. The zero-order chi connectivity index (χ0) is 18.7. The molecule has 1 aliphatic rings. The third-order valence-corrected chi connectivity index (χ3v) is 5.36. The highest BCUT2D eigenvalue weighted by atomic mass is 32.2. The van der Waals surface area contributed by atoms with Crippen LogP contribution in [0.5, 0.6) is 0 Å². The monoisotopic (exact) mass is 372 g/mol. The number of nitrogens with one attached hydrogen (secondary N) is 1. The van der Waals surface area contributed by atoms with Gasteiger partial charge in [0.25, 0.3) is 10.0 Å². The van der Waals surface area contributed by atoms with Gasteiger partial charge < -0.3 is 9.64 Å². The molecule has 1 amide bonds. The van der Waals surface area contributed by atoms with Gasteiger partial charge in [0.2, 0.25) is 12.1 Å². The van der Waals surface area contributed by atoms with E-state index in [9.17, 15) is 13.2 Å². The van der Waals surface area contributed by atoms with E-state index < -0.39 is 15.9 Å². The van der Waals surface area contributed by atoms with Crippen molar-refractivity contribution in [3.8, 4) is 0 Å². The molecule has 1 N–H and O–H groups in total. The second-order valence-corrected chi connectivity index (χ2v) is 7.59. The first kappa shape index (κ1) is 18.0. The molecule has 7 heteroatoms. The lowest BCUT2D eigenvalue weighted by Gasteiger charge is -2.24. The molecule has 1 atom stereocenters. The minimum absolute atomic E-state index is 0.0389. The summed E-state index contributed by atoms with van der Waals surface area (Å²) in [5.74, 6) is 0.231. The Kier molecular flexibility index (Phi) is 4.99. The molecule has 1 heterocycles. The van der Waals surface area contributed by atoms with Crippen LogP contribution in [0.1, 0.15) is 32.1 Å². The molecule has 1 unspecified atom stereocenters. The summed E-state index contributed by atoms with van der Waals surface area (Å²) in [5, 5.41) is 0. The van der Waals surface area contributed by atoms with Gasteiger partial charge in [-0.05, 0) is 31.2 Å². The average Bonchev–Trinajstić information content (AvgIpc) is 3.04. The molecule has 0 radical (unpaired) electrons. The van der Waals surface area contributed by atoms with Crippen LogP contribution in [0.15, 0.2) is 71.5 Å². The van der Waals surface area contributed by atoms with Gasteiger partial charge in [0.1, 0.15) is 5.76 Å². The van der Waals surface area contributed by atoms with Crippen molar-refractivity contribution in [2.45, 2.75) is 31.4 Å². The van der Waals surface area contributed by atoms with E-state index in [0.717, 1.165) is 17.0 Å². The quantitative estimate of drug-likeness (QED) is 0.872. The Bertz CT molecular complexity index is 922. The first-order valence-electron chi connectivity index (χ1n) is 8.25. The molecule has 3 rings (SSSR count). The predicted molar refractivity (Wildman–Crippen MR) is 98.6 cm³/mol. The molecule has 6 nitrogen and oxygen atoms in total. The van der Waals surface area contributed by atoms with Gasteiger partial charge in [-0.15, -0.1) is 0 Å². The van der Waals surface area contributed by atoms with Gasteiger partial charge in [-0.2, -0.15) is 0 Å². The maximum Gasteiger partial charge on any atom is 0.264 e. The zero-order valence-electron chi connectivity index (χ0n) is 14.5. The van der Waals surface area contributed by atoms with Crippen LogP contribution in [0.4, 0.5) is 5.69 Å². The Morgan fingerprint density at radius 2 is 1.77 bits per heavy atom. The number of carbonyl (C=O) groups is 1. The zero-order valence-corrected chi connectivity index (χ0v) is 15.4. The van der Waals surface area contributed by atoms with Gasteiger partial charge in [-0.25, -0.2) is 13.1 Å². The number of allylic oxidation sites excluding steroid dienone is 1. The van der Waals surface area contributed by atoms with Crippen molar-refractivity contribution in [3.63, 3.8) is 0 Å². The number of para-hydroxylation sites is 1. The number of sulfonamides is 1. The lowest BCUT2D eigenvalue weighted by atomic mass is 10.1. The maximum atomic E-state index is 12.2. The highest BCUT2D eigenvalue weighted by Gasteiger charge is 2.27. The average molecular weight is 372 g/mol. The molecule has 0 saturated carbocycles. The van der Waals surface area contributed by atoms with E-state index in [4.69, 9.17) is 4.74 Å². The first-order valence-corrected chi connectivity index (χ1v) is 9.73. The standard InChI is InChI=1S/C19H20N2O4S/c1-3-18(22)20-26(23,24)17-11-9-15(10-12-17)19-21(13-14(2)25-19)16-7-5-4-6-8-16/h4-13,19H,3H2,1-2H3,(H,20,22). The predicted octanol–water partition coefficient (Wildman–Crippen LogP) is 3.30. The fourth-order valence-corrected chi connectivity index (χ4v) is 3.71. The Hall–Kier alpha value is -2.80. The van der Waals surface area contributed by atoms with Crippen LogP contribution >= 0.6 is 0 Å². The molecule has 1 aliphatic heterocycles. The summed E-state index contributed by atoms with van der Waals surface area (Å²) in [7, 11) is -3.86. The van der Waals surface area contributed by atoms with Gasteiger partial charge in [-0.3, -0.25) is 4.79 Å². The second-order valence-electron chi connectivity index (χ2n) is 5.90.